The van der Waals surface area contributed by atoms with E-state index in [0.717, 1.165) is 56.2 Å². The van der Waals surface area contributed by atoms with Crippen molar-refractivity contribution < 1.29 is 4.74 Å². The number of rotatable bonds is 7. The van der Waals surface area contributed by atoms with Crippen LogP contribution in [0.25, 0.3) is 11.3 Å². The monoisotopic (exact) mass is 341 g/mol. The minimum absolute atomic E-state index is 0.443. The fourth-order valence-electron chi connectivity index (χ4n) is 2.74. The number of nitriles is 1. The molecule has 0 bridgehead atoms. The van der Waals surface area contributed by atoms with E-state index in [4.69, 9.17) is 10.00 Å². The Bertz CT molecular complexity index is 731. The molecule has 2 aromatic heterocycles. The number of morpholine rings is 1. The fourth-order valence-corrected chi connectivity index (χ4v) is 2.74. The van der Waals surface area contributed by atoms with Gasteiger partial charge in [-0.1, -0.05) is 0 Å². The molecule has 8 nitrogen and oxygen atoms in total. The highest BCUT2D eigenvalue weighted by molar-refractivity contribution is 5.62. The van der Waals surface area contributed by atoms with Crippen LogP contribution in [-0.4, -0.2) is 64.0 Å². The van der Waals surface area contributed by atoms with Crippen molar-refractivity contribution in [3.8, 4) is 17.3 Å². The Morgan fingerprint density at radius 3 is 2.92 bits per heavy atom. The summed E-state index contributed by atoms with van der Waals surface area (Å²) in [5.41, 5.74) is 2.81. The number of anilines is 1. The van der Waals surface area contributed by atoms with Crippen LogP contribution < -0.4 is 5.32 Å². The van der Waals surface area contributed by atoms with Gasteiger partial charge in [0.25, 0.3) is 0 Å². The molecule has 132 valence electrons. The molecule has 1 aliphatic rings. The van der Waals surface area contributed by atoms with Gasteiger partial charge >= 0.3 is 0 Å². The maximum absolute atomic E-state index is 8.68. The van der Waals surface area contributed by atoms with Gasteiger partial charge in [-0.05, 0) is 12.5 Å². The zero-order chi connectivity index (χ0) is 17.5. The molecule has 2 aromatic rings. The number of nitrogens with one attached hydrogen (secondary N) is 1. The van der Waals surface area contributed by atoms with E-state index in [1.54, 1.807) is 10.9 Å². The number of hydrogen-bond acceptors (Lipinski definition) is 7. The SMILES string of the molecule is Cc1cnc(NCCN2CCOCC2)nc1-c1cnn(CCC#N)c1. The first-order valence-corrected chi connectivity index (χ1v) is 8.53. The van der Waals surface area contributed by atoms with Crippen molar-refractivity contribution >= 4 is 5.95 Å². The van der Waals surface area contributed by atoms with Crippen molar-refractivity contribution in [2.45, 2.75) is 19.9 Å². The first-order valence-electron chi connectivity index (χ1n) is 8.53. The minimum atomic E-state index is 0.443. The lowest BCUT2D eigenvalue weighted by Gasteiger charge is -2.26. The van der Waals surface area contributed by atoms with E-state index in [0.29, 0.717) is 18.9 Å². The Morgan fingerprint density at radius 1 is 1.28 bits per heavy atom. The highest BCUT2D eigenvalue weighted by Crippen LogP contribution is 2.21. The number of ether oxygens (including phenoxy) is 1. The van der Waals surface area contributed by atoms with E-state index in [-0.39, 0.29) is 0 Å². The summed E-state index contributed by atoms with van der Waals surface area (Å²) in [5.74, 6) is 0.624. The maximum Gasteiger partial charge on any atom is 0.223 e. The van der Waals surface area contributed by atoms with Gasteiger partial charge in [0.2, 0.25) is 5.95 Å². The van der Waals surface area contributed by atoms with Crippen molar-refractivity contribution in [2.24, 2.45) is 0 Å². The second-order valence-electron chi connectivity index (χ2n) is 6.01. The molecular formula is C17H23N7O. The van der Waals surface area contributed by atoms with Gasteiger partial charge in [-0.15, -0.1) is 0 Å². The Hall–Kier alpha value is -2.50. The molecule has 1 fully saturated rings. The summed E-state index contributed by atoms with van der Waals surface area (Å²) in [6, 6.07) is 2.13. The van der Waals surface area contributed by atoms with Gasteiger partial charge in [-0.2, -0.15) is 10.4 Å². The van der Waals surface area contributed by atoms with Gasteiger partial charge in [-0.25, -0.2) is 9.97 Å². The lowest BCUT2D eigenvalue weighted by Crippen LogP contribution is -2.39. The van der Waals surface area contributed by atoms with E-state index < -0.39 is 0 Å². The predicted molar refractivity (Wildman–Crippen MR) is 94.0 cm³/mol. The fraction of sp³-hybridized carbons (Fsp3) is 0.529. The van der Waals surface area contributed by atoms with Crippen LogP contribution in [0.15, 0.2) is 18.6 Å². The van der Waals surface area contributed by atoms with Crippen molar-refractivity contribution in [3.05, 3.63) is 24.2 Å². The molecule has 0 aliphatic carbocycles. The second-order valence-corrected chi connectivity index (χ2v) is 6.01. The first kappa shape index (κ1) is 17.3. The van der Waals surface area contributed by atoms with Crippen molar-refractivity contribution in [3.63, 3.8) is 0 Å². The quantitative estimate of drug-likeness (QED) is 0.811. The van der Waals surface area contributed by atoms with E-state index in [1.165, 1.54) is 0 Å². The third-order valence-corrected chi connectivity index (χ3v) is 4.15. The van der Waals surface area contributed by atoms with Gasteiger partial charge in [0.1, 0.15) is 0 Å². The maximum atomic E-state index is 8.68. The van der Waals surface area contributed by atoms with E-state index >= 15 is 0 Å². The lowest BCUT2D eigenvalue weighted by atomic mass is 10.1. The molecule has 0 saturated carbocycles. The molecule has 8 heteroatoms. The molecule has 0 unspecified atom stereocenters. The summed E-state index contributed by atoms with van der Waals surface area (Å²) in [6.07, 6.45) is 5.97. The smallest absolute Gasteiger partial charge is 0.223 e. The van der Waals surface area contributed by atoms with Gasteiger partial charge in [0.15, 0.2) is 0 Å². The van der Waals surface area contributed by atoms with Crippen LogP contribution in [-0.2, 0) is 11.3 Å². The molecule has 25 heavy (non-hydrogen) atoms. The molecule has 1 saturated heterocycles. The molecule has 3 heterocycles. The second kappa shape index (κ2) is 8.55. The Morgan fingerprint density at radius 2 is 2.12 bits per heavy atom. The van der Waals surface area contributed by atoms with Gasteiger partial charge in [0, 0.05) is 44.1 Å². The van der Waals surface area contributed by atoms with Crippen molar-refractivity contribution in [1.29, 1.82) is 5.26 Å². The molecule has 1 aliphatic heterocycles. The van der Waals surface area contributed by atoms with Gasteiger partial charge in [0.05, 0.1) is 44.1 Å². The average molecular weight is 341 g/mol. The summed E-state index contributed by atoms with van der Waals surface area (Å²) in [7, 11) is 0. The minimum Gasteiger partial charge on any atom is -0.379 e. The van der Waals surface area contributed by atoms with Crippen molar-refractivity contribution in [1.82, 2.24) is 24.6 Å². The zero-order valence-corrected chi connectivity index (χ0v) is 14.5. The average Bonchev–Trinajstić information content (AvgIpc) is 3.11. The third-order valence-electron chi connectivity index (χ3n) is 4.15. The van der Waals surface area contributed by atoms with Crippen molar-refractivity contribution in [2.75, 3.05) is 44.7 Å². The summed E-state index contributed by atoms with van der Waals surface area (Å²) < 4.78 is 7.13. The van der Waals surface area contributed by atoms with Gasteiger partial charge < -0.3 is 10.1 Å². The third kappa shape index (κ3) is 4.75. The van der Waals surface area contributed by atoms with E-state index in [1.807, 2.05) is 19.3 Å². The summed E-state index contributed by atoms with van der Waals surface area (Å²) in [4.78, 5) is 11.4. The van der Waals surface area contributed by atoms with Crippen LogP contribution in [0.1, 0.15) is 12.0 Å². The predicted octanol–water partition coefficient (Wildman–Crippen LogP) is 1.31. The van der Waals surface area contributed by atoms with Crippen LogP contribution >= 0.6 is 0 Å². The first-order chi connectivity index (χ1) is 12.3. The summed E-state index contributed by atoms with van der Waals surface area (Å²) in [5, 5.41) is 16.3. The Kier molecular flexibility index (Phi) is 5.93. The standard InChI is InChI=1S/C17H23N7O/c1-14-11-20-17(19-4-6-23-7-9-25-10-8-23)22-16(14)15-12-21-24(13-15)5-2-3-18/h11-13H,2,4-10H2,1H3,(H,19,20,22). The van der Waals surface area contributed by atoms with Crippen LogP contribution in [0.2, 0.25) is 0 Å². The van der Waals surface area contributed by atoms with Gasteiger partial charge in [-0.3, -0.25) is 9.58 Å². The molecule has 1 N–H and O–H groups in total. The molecule has 0 amide bonds. The van der Waals surface area contributed by atoms with E-state index in [9.17, 15) is 0 Å². The topological polar surface area (TPSA) is 91.9 Å². The number of nitrogens with zero attached hydrogens (tertiary/aromatic N) is 6. The number of aryl methyl sites for hydroxylation is 2. The largest absolute Gasteiger partial charge is 0.379 e. The molecule has 3 rings (SSSR count). The molecule has 0 atom stereocenters. The summed E-state index contributed by atoms with van der Waals surface area (Å²) >= 11 is 0. The van der Waals surface area contributed by atoms with Crippen LogP contribution in [0, 0.1) is 18.3 Å². The highest BCUT2D eigenvalue weighted by atomic mass is 16.5. The van der Waals surface area contributed by atoms with Crippen LogP contribution in [0.5, 0.6) is 0 Å². The van der Waals surface area contributed by atoms with Crippen LogP contribution in [0.3, 0.4) is 0 Å². The molecular weight excluding hydrogens is 318 g/mol. The Balaban J connectivity index is 1.61. The highest BCUT2D eigenvalue weighted by Gasteiger charge is 2.11. The van der Waals surface area contributed by atoms with Crippen LogP contribution in [0.4, 0.5) is 5.95 Å². The normalized spacial score (nSPS) is 15.0. The van der Waals surface area contributed by atoms with E-state index in [2.05, 4.69) is 31.4 Å². The zero-order valence-electron chi connectivity index (χ0n) is 14.5. The molecule has 0 spiro atoms. The molecule has 0 radical (unpaired) electrons. The Labute approximate surface area is 147 Å². The summed E-state index contributed by atoms with van der Waals surface area (Å²) in [6.45, 7) is 7.88. The lowest BCUT2D eigenvalue weighted by molar-refractivity contribution is 0.0398. The molecule has 0 aromatic carbocycles. The number of aromatic nitrogens is 4. The number of hydrogen-bond donors (Lipinski definition) is 1.